The van der Waals surface area contributed by atoms with E-state index in [0.29, 0.717) is 17.9 Å². The lowest BCUT2D eigenvalue weighted by atomic mass is 9.99. The van der Waals surface area contributed by atoms with Crippen molar-refractivity contribution in [2.45, 2.75) is 32.4 Å². The van der Waals surface area contributed by atoms with Gasteiger partial charge in [-0.3, -0.25) is 0 Å². The average Bonchev–Trinajstić information content (AvgIpc) is 2.39. The van der Waals surface area contributed by atoms with Crippen LogP contribution in [-0.2, 0) is 4.74 Å². The Kier molecular flexibility index (Phi) is 6.09. The van der Waals surface area contributed by atoms with Gasteiger partial charge in [0.1, 0.15) is 11.6 Å². The second-order valence-electron chi connectivity index (χ2n) is 4.06. The number of hydrogen-bond donors (Lipinski definition) is 1. The van der Waals surface area contributed by atoms with Crippen LogP contribution >= 0.6 is 0 Å². The fourth-order valence-electron chi connectivity index (χ4n) is 2.09. The Hall–Kier alpha value is -1.13. The van der Waals surface area contributed by atoms with Crippen molar-refractivity contribution < 1.29 is 13.9 Å². The molecule has 0 fully saturated rings. The molecule has 0 aliphatic heterocycles. The van der Waals surface area contributed by atoms with Crippen LogP contribution < -0.4 is 10.1 Å². The van der Waals surface area contributed by atoms with Crippen LogP contribution in [-0.4, -0.2) is 26.9 Å². The minimum absolute atomic E-state index is 0.0390. The highest BCUT2D eigenvalue weighted by Crippen LogP contribution is 2.26. The molecule has 0 saturated heterocycles. The normalized spacial score (nSPS) is 14.3. The Labute approximate surface area is 108 Å². The van der Waals surface area contributed by atoms with Crippen molar-refractivity contribution in [1.29, 1.82) is 0 Å². The first-order valence-electron chi connectivity index (χ1n) is 6.30. The second kappa shape index (κ2) is 7.34. The van der Waals surface area contributed by atoms with E-state index in [4.69, 9.17) is 9.47 Å². The topological polar surface area (TPSA) is 30.5 Å². The zero-order valence-corrected chi connectivity index (χ0v) is 11.5. The molecule has 0 aliphatic carbocycles. The molecule has 0 bridgehead atoms. The predicted molar refractivity (Wildman–Crippen MR) is 70.5 cm³/mol. The number of benzene rings is 1. The van der Waals surface area contributed by atoms with Gasteiger partial charge in [0.15, 0.2) is 0 Å². The Morgan fingerprint density at radius 2 is 2.06 bits per heavy atom. The standard InChI is InChI=1S/C14H22FNO2/c1-5-13(18-6-2)14(16-3)11-8-7-10(17-4)9-12(11)15/h7-9,13-14,16H,5-6H2,1-4H3. The molecule has 0 aromatic heterocycles. The number of halogens is 1. The maximum atomic E-state index is 14.0. The number of methoxy groups -OCH3 is 1. The summed E-state index contributed by atoms with van der Waals surface area (Å²) in [6.45, 7) is 4.60. The van der Waals surface area contributed by atoms with Crippen LogP contribution in [0, 0.1) is 5.82 Å². The molecule has 0 radical (unpaired) electrons. The Morgan fingerprint density at radius 3 is 2.50 bits per heavy atom. The molecule has 1 rings (SSSR count). The quantitative estimate of drug-likeness (QED) is 0.812. The number of ether oxygens (including phenoxy) is 2. The van der Waals surface area contributed by atoms with Gasteiger partial charge < -0.3 is 14.8 Å². The Bertz CT molecular complexity index is 371. The largest absolute Gasteiger partial charge is 0.497 e. The van der Waals surface area contributed by atoms with Gasteiger partial charge in [0.05, 0.1) is 19.3 Å². The van der Waals surface area contributed by atoms with E-state index in [1.165, 1.54) is 13.2 Å². The fourth-order valence-corrected chi connectivity index (χ4v) is 2.09. The van der Waals surface area contributed by atoms with E-state index in [-0.39, 0.29) is 18.0 Å². The van der Waals surface area contributed by atoms with Crippen molar-refractivity contribution in [2.24, 2.45) is 0 Å². The molecule has 1 aromatic carbocycles. The molecule has 1 aromatic rings. The molecular weight excluding hydrogens is 233 g/mol. The fraction of sp³-hybridized carbons (Fsp3) is 0.571. The molecule has 2 unspecified atom stereocenters. The maximum Gasteiger partial charge on any atom is 0.131 e. The average molecular weight is 255 g/mol. The van der Waals surface area contributed by atoms with Crippen molar-refractivity contribution in [3.05, 3.63) is 29.6 Å². The highest BCUT2D eigenvalue weighted by atomic mass is 19.1. The molecule has 0 aliphatic rings. The molecular formula is C14H22FNO2. The molecule has 2 atom stereocenters. The van der Waals surface area contributed by atoms with Crippen LogP contribution in [0.25, 0.3) is 0 Å². The second-order valence-corrected chi connectivity index (χ2v) is 4.06. The van der Waals surface area contributed by atoms with Crippen molar-refractivity contribution >= 4 is 0 Å². The van der Waals surface area contributed by atoms with Crippen molar-refractivity contribution in [3.8, 4) is 5.75 Å². The van der Waals surface area contributed by atoms with Crippen molar-refractivity contribution in [2.75, 3.05) is 20.8 Å². The molecule has 0 amide bonds. The molecule has 18 heavy (non-hydrogen) atoms. The third-order valence-corrected chi connectivity index (χ3v) is 3.01. The molecule has 4 heteroatoms. The summed E-state index contributed by atoms with van der Waals surface area (Å²) >= 11 is 0. The highest BCUT2D eigenvalue weighted by Gasteiger charge is 2.23. The number of hydrogen-bond acceptors (Lipinski definition) is 3. The van der Waals surface area contributed by atoms with Gasteiger partial charge in [-0.15, -0.1) is 0 Å². The van der Waals surface area contributed by atoms with E-state index >= 15 is 0 Å². The van der Waals surface area contributed by atoms with Gasteiger partial charge >= 0.3 is 0 Å². The Balaban J connectivity index is 3.00. The summed E-state index contributed by atoms with van der Waals surface area (Å²) in [5, 5.41) is 3.13. The van der Waals surface area contributed by atoms with Crippen LogP contribution in [0.3, 0.4) is 0 Å². The van der Waals surface area contributed by atoms with Crippen molar-refractivity contribution in [1.82, 2.24) is 5.32 Å². The zero-order chi connectivity index (χ0) is 13.5. The molecule has 0 heterocycles. The number of nitrogens with one attached hydrogen (secondary N) is 1. The smallest absolute Gasteiger partial charge is 0.131 e. The van der Waals surface area contributed by atoms with Gasteiger partial charge in [-0.05, 0) is 26.5 Å². The van der Waals surface area contributed by atoms with E-state index in [1.54, 1.807) is 12.1 Å². The number of likely N-dealkylation sites (N-methyl/N-ethyl adjacent to an activating group) is 1. The minimum atomic E-state index is -0.271. The van der Waals surface area contributed by atoms with Crippen LogP contribution in [0.1, 0.15) is 31.9 Å². The lowest BCUT2D eigenvalue weighted by Crippen LogP contribution is -2.32. The summed E-state index contributed by atoms with van der Waals surface area (Å²) in [6, 6.07) is 4.76. The van der Waals surface area contributed by atoms with E-state index in [9.17, 15) is 4.39 Å². The summed E-state index contributed by atoms with van der Waals surface area (Å²) in [4.78, 5) is 0. The van der Waals surface area contributed by atoms with Gasteiger partial charge in [-0.2, -0.15) is 0 Å². The summed E-state index contributed by atoms with van der Waals surface area (Å²) in [5.41, 5.74) is 0.610. The molecule has 1 N–H and O–H groups in total. The molecule has 102 valence electrons. The van der Waals surface area contributed by atoms with E-state index in [2.05, 4.69) is 5.32 Å². The summed E-state index contributed by atoms with van der Waals surface area (Å²) in [7, 11) is 3.34. The predicted octanol–water partition coefficient (Wildman–Crippen LogP) is 2.91. The summed E-state index contributed by atoms with van der Waals surface area (Å²) in [5.74, 6) is 0.252. The molecule has 0 saturated carbocycles. The van der Waals surface area contributed by atoms with E-state index < -0.39 is 0 Å². The molecule has 3 nitrogen and oxygen atoms in total. The van der Waals surface area contributed by atoms with Gasteiger partial charge in [0, 0.05) is 18.2 Å². The highest BCUT2D eigenvalue weighted by molar-refractivity contribution is 5.31. The first-order valence-corrected chi connectivity index (χ1v) is 6.30. The Morgan fingerprint density at radius 1 is 1.33 bits per heavy atom. The van der Waals surface area contributed by atoms with Crippen LogP contribution in [0.2, 0.25) is 0 Å². The third kappa shape index (κ3) is 3.43. The summed E-state index contributed by atoms with van der Waals surface area (Å²) in [6.07, 6.45) is 0.785. The first kappa shape index (κ1) is 14.9. The number of rotatable bonds is 7. The summed E-state index contributed by atoms with van der Waals surface area (Å²) < 4.78 is 24.7. The van der Waals surface area contributed by atoms with E-state index in [1.807, 2.05) is 20.9 Å². The molecule has 0 spiro atoms. The maximum absolute atomic E-state index is 14.0. The van der Waals surface area contributed by atoms with Crippen LogP contribution in [0.15, 0.2) is 18.2 Å². The van der Waals surface area contributed by atoms with Gasteiger partial charge in [0.2, 0.25) is 0 Å². The lowest BCUT2D eigenvalue weighted by Gasteiger charge is -2.26. The van der Waals surface area contributed by atoms with Crippen molar-refractivity contribution in [3.63, 3.8) is 0 Å². The SMILES string of the molecule is CCOC(CC)C(NC)c1ccc(OC)cc1F. The first-order chi connectivity index (χ1) is 8.67. The van der Waals surface area contributed by atoms with E-state index in [0.717, 1.165) is 6.42 Å². The monoisotopic (exact) mass is 255 g/mol. The zero-order valence-electron chi connectivity index (χ0n) is 11.5. The third-order valence-electron chi connectivity index (χ3n) is 3.01. The van der Waals surface area contributed by atoms with Gasteiger partial charge in [-0.1, -0.05) is 13.0 Å². The lowest BCUT2D eigenvalue weighted by molar-refractivity contribution is 0.0325. The van der Waals surface area contributed by atoms with Gasteiger partial charge in [0.25, 0.3) is 0 Å². The van der Waals surface area contributed by atoms with Crippen LogP contribution in [0.4, 0.5) is 4.39 Å². The van der Waals surface area contributed by atoms with Gasteiger partial charge in [-0.25, -0.2) is 4.39 Å². The minimum Gasteiger partial charge on any atom is -0.497 e. The van der Waals surface area contributed by atoms with Crippen LogP contribution in [0.5, 0.6) is 5.75 Å².